The Kier molecular flexibility index (Phi) is 3.97. The van der Waals surface area contributed by atoms with E-state index in [9.17, 15) is 4.79 Å². The molecule has 0 saturated carbocycles. The summed E-state index contributed by atoms with van der Waals surface area (Å²) in [5.74, 6) is -0.282. The maximum atomic E-state index is 11.8. The SMILES string of the molecule is CCN1CC=C(c2cccs2)C(C(=O)OC)C1. The lowest BCUT2D eigenvalue weighted by Gasteiger charge is -2.30. The van der Waals surface area contributed by atoms with Crippen molar-refractivity contribution < 1.29 is 9.53 Å². The van der Waals surface area contributed by atoms with E-state index in [0.717, 1.165) is 25.2 Å². The monoisotopic (exact) mass is 251 g/mol. The van der Waals surface area contributed by atoms with E-state index in [1.807, 2.05) is 11.4 Å². The van der Waals surface area contributed by atoms with Crippen LogP contribution in [-0.2, 0) is 9.53 Å². The van der Waals surface area contributed by atoms with E-state index in [-0.39, 0.29) is 11.9 Å². The van der Waals surface area contributed by atoms with Crippen LogP contribution < -0.4 is 0 Å². The quantitative estimate of drug-likeness (QED) is 0.772. The first kappa shape index (κ1) is 12.3. The molecule has 1 atom stereocenters. The number of thiophene rings is 1. The van der Waals surface area contributed by atoms with E-state index in [1.165, 1.54) is 12.0 Å². The van der Waals surface area contributed by atoms with Gasteiger partial charge in [0.25, 0.3) is 0 Å². The number of carbonyl (C=O) groups is 1. The Hall–Kier alpha value is -1.13. The van der Waals surface area contributed by atoms with Crippen LogP contribution in [0, 0.1) is 5.92 Å². The number of hydrogen-bond acceptors (Lipinski definition) is 4. The van der Waals surface area contributed by atoms with Crippen LogP contribution in [0.25, 0.3) is 5.57 Å². The van der Waals surface area contributed by atoms with Gasteiger partial charge in [0, 0.05) is 18.0 Å². The molecule has 0 aromatic carbocycles. The first-order valence-corrected chi connectivity index (χ1v) is 6.68. The number of ether oxygens (including phenoxy) is 1. The van der Waals surface area contributed by atoms with Gasteiger partial charge >= 0.3 is 5.97 Å². The van der Waals surface area contributed by atoms with Gasteiger partial charge < -0.3 is 4.74 Å². The van der Waals surface area contributed by atoms with Crippen molar-refractivity contribution in [2.24, 2.45) is 5.92 Å². The molecule has 1 aromatic rings. The Labute approximate surface area is 106 Å². The maximum Gasteiger partial charge on any atom is 0.314 e. The molecular weight excluding hydrogens is 234 g/mol. The smallest absolute Gasteiger partial charge is 0.314 e. The molecule has 0 radical (unpaired) electrons. The molecule has 0 aliphatic carbocycles. The first-order chi connectivity index (χ1) is 8.26. The highest BCUT2D eigenvalue weighted by Crippen LogP contribution is 2.31. The van der Waals surface area contributed by atoms with Crippen molar-refractivity contribution >= 4 is 22.9 Å². The summed E-state index contributed by atoms with van der Waals surface area (Å²) in [4.78, 5) is 15.3. The van der Waals surface area contributed by atoms with Gasteiger partial charge in [0.05, 0.1) is 13.0 Å². The third kappa shape index (κ3) is 2.58. The van der Waals surface area contributed by atoms with Gasteiger partial charge in [-0.05, 0) is 23.6 Å². The van der Waals surface area contributed by atoms with E-state index < -0.39 is 0 Å². The molecule has 0 bridgehead atoms. The lowest BCUT2D eigenvalue weighted by atomic mass is 9.93. The molecule has 3 nitrogen and oxygen atoms in total. The van der Waals surface area contributed by atoms with Crippen molar-refractivity contribution in [3.8, 4) is 0 Å². The van der Waals surface area contributed by atoms with Crippen molar-refractivity contribution in [2.75, 3.05) is 26.7 Å². The van der Waals surface area contributed by atoms with E-state index >= 15 is 0 Å². The summed E-state index contributed by atoms with van der Waals surface area (Å²) in [6.07, 6.45) is 2.15. The lowest BCUT2D eigenvalue weighted by molar-refractivity contribution is -0.144. The van der Waals surface area contributed by atoms with Crippen molar-refractivity contribution in [3.05, 3.63) is 28.5 Å². The van der Waals surface area contributed by atoms with Gasteiger partial charge in [-0.15, -0.1) is 11.3 Å². The molecule has 2 heterocycles. The Balaban J connectivity index is 2.27. The minimum Gasteiger partial charge on any atom is -0.469 e. The minimum atomic E-state index is -0.146. The van der Waals surface area contributed by atoms with Crippen LogP contribution >= 0.6 is 11.3 Å². The van der Waals surface area contributed by atoms with Gasteiger partial charge in [-0.1, -0.05) is 19.1 Å². The Bertz CT molecular complexity index is 411. The largest absolute Gasteiger partial charge is 0.469 e. The molecule has 17 heavy (non-hydrogen) atoms. The van der Waals surface area contributed by atoms with Crippen molar-refractivity contribution in [2.45, 2.75) is 6.92 Å². The van der Waals surface area contributed by atoms with E-state index in [0.29, 0.717) is 0 Å². The number of carbonyl (C=O) groups excluding carboxylic acids is 1. The fourth-order valence-corrected chi connectivity index (χ4v) is 2.94. The average Bonchev–Trinajstić information content (AvgIpc) is 2.90. The fraction of sp³-hybridized carbons (Fsp3) is 0.462. The van der Waals surface area contributed by atoms with Gasteiger partial charge in [0.1, 0.15) is 0 Å². The molecule has 0 N–H and O–H groups in total. The first-order valence-electron chi connectivity index (χ1n) is 5.80. The zero-order valence-electron chi connectivity index (χ0n) is 10.2. The predicted octanol–water partition coefficient (Wildman–Crippen LogP) is 2.26. The molecule has 0 spiro atoms. The highest BCUT2D eigenvalue weighted by molar-refractivity contribution is 7.11. The number of likely N-dealkylation sites (N-methyl/N-ethyl adjacent to an activating group) is 1. The van der Waals surface area contributed by atoms with Crippen LogP contribution in [-0.4, -0.2) is 37.6 Å². The highest BCUT2D eigenvalue weighted by Gasteiger charge is 2.30. The second-order valence-electron chi connectivity index (χ2n) is 4.06. The molecule has 1 unspecified atom stereocenters. The molecule has 1 aliphatic heterocycles. The Morgan fingerprint density at radius 3 is 3.06 bits per heavy atom. The summed E-state index contributed by atoms with van der Waals surface area (Å²) >= 11 is 1.68. The maximum absolute atomic E-state index is 11.8. The van der Waals surface area contributed by atoms with Crippen LogP contribution in [0.1, 0.15) is 11.8 Å². The van der Waals surface area contributed by atoms with Crippen molar-refractivity contribution in [3.63, 3.8) is 0 Å². The summed E-state index contributed by atoms with van der Waals surface area (Å²) in [7, 11) is 1.46. The third-order valence-electron chi connectivity index (χ3n) is 3.12. The van der Waals surface area contributed by atoms with Crippen LogP contribution in [0.3, 0.4) is 0 Å². The van der Waals surface area contributed by atoms with Crippen LogP contribution in [0.2, 0.25) is 0 Å². The zero-order valence-corrected chi connectivity index (χ0v) is 11.0. The number of methoxy groups -OCH3 is 1. The molecule has 1 aromatic heterocycles. The third-order valence-corrected chi connectivity index (χ3v) is 4.04. The standard InChI is InChI=1S/C13H17NO2S/c1-3-14-7-6-10(12-5-4-8-17-12)11(9-14)13(15)16-2/h4-6,8,11H,3,7,9H2,1-2H3. The second kappa shape index (κ2) is 5.47. The molecular formula is C13H17NO2S. The molecule has 0 fully saturated rings. The predicted molar refractivity (Wildman–Crippen MR) is 69.9 cm³/mol. The van der Waals surface area contributed by atoms with Gasteiger partial charge in [0.15, 0.2) is 0 Å². The summed E-state index contributed by atoms with van der Waals surface area (Å²) in [6.45, 7) is 4.74. The van der Waals surface area contributed by atoms with Crippen LogP contribution in [0.4, 0.5) is 0 Å². The molecule has 92 valence electrons. The summed E-state index contributed by atoms with van der Waals surface area (Å²) < 4.78 is 4.91. The van der Waals surface area contributed by atoms with Crippen LogP contribution in [0.5, 0.6) is 0 Å². The van der Waals surface area contributed by atoms with Gasteiger partial charge in [-0.25, -0.2) is 0 Å². The average molecular weight is 251 g/mol. The fourth-order valence-electron chi connectivity index (χ4n) is 2.12. The van der Waals surface area contributed by atoms with Gasteiger partial charge in [0.2, 0.25) is 0 Å². The van der Waals surface area contributed by atoms with E-state index in [2.05, 4.69) is 24.0 Å². The molecule has 4 heteroatoms. The van der Waals surface area contributed by atoms with E-state index in [4.69, 9.17) is 4.74 Å². The molecule has 2 rings (SSSR count). The highest BCUT2D eigenvalue weighted by atomic mass is 32.1. The van der Waals surface area contributed by atoms with Crippen LogP contribution in [0.15, 0.2) is 23.6 Å². The minimum absolute atomic E-state index is 0.136. The lowest BCUT2D eigenvalue weighted by Crippen LogP contribution is -2.38. The van der Waals surface area contributed by atoms with E-state index in [1.54, 1.807) is 11.3 Å². The van der Waals surface area contributed by atoms with Crippen molar-refractivity contribution in [1.29, 1.82) is 0 Å². The number of rotatable bonds is 3. The second-order valence-corrected chi connectivity index (χ2v) is 5.01. The van der Waals surface area contributed by atoms with Gasteiger partial charge in [-0.2, -0.15) is 0 Å². The normalized spacial score (nSPS) is 21.1. The number of hydrogen-bond donors (Lipinski definition) is 0. The van der Waals surface area contributed by atoms with Crippen molar-refractivity contribution in [1.82, 2.24) is 4.90 Å². The topological polar surface area (TPSA) is 29.5 Å². The zero-order chi connectivity index (χ0) is 12.3. The summed E-state index contributed by atoms with van der Waals surface area (Å²) in [6, 6.07) is 4.08. The number of nitrogens with zero attached hydrogens (tertiary/aromatic N) is 1. The Morgan fingerprint density at radius 1 is 1.65 bits per heavy atom. The molecule has 0 saturated heterocycles. The number of esters is 1. The Morgan fingerprint density at radius 2 is 2.47 bits per heavy atom. The summed E-state index contributed by atoms with van der Waals surface area (Å²) in [5, 5.41) is 2.04. The van der Waals surface area contributed by atoms with Gasteiger partial charge in [-0.3, -0.25) is 9.69 Å². The molecule has 0 amide bonds. The molecule has 1 aliphatic rings. The summed E-state index contributed by atoms with van der Waals surface area (Å²) in [5.41, 5.74) is 1.12.